The van der Waals surface area contributed by atoms with Gasteiger partial charge in [0.15, 0.2) is 5.82 Å². The lowest BCUT2D eigenvalue weighted by Crippen LogP contribution is -2.40. The van der Waals surface area contributed by atoms with Crippen LogP contribution < -0.4 is 0 Å². The van der Waals surface area contributed by atoms with Gasteiger partial charge in [-0.1, -0.05) is 24.1 Å². The first kappa shape index (κ1) is 22.5. The fourth-order valence-corrected chi connectivity index (χ4v) is 4.64. The molecule has 0 aliphatic heterocycles. The first-order valence-corrected chi connectivity index (χ1v) is 11.3. The number of aromatic nitrogens is 5. The molecule has 1 saturated carbocycles. The van der Waals surface area contributed by atoms with Crippen LogP contribution in [0.4, 0.5) is 0 Å². The van der Waals surface area contributed by atoms with Crippen LogP contribution in [0.1, 0.15) is 53.5 Å². The number of benzene rings is 1. The highest BCUT2D eigenvalue weighted by Gasteiger charge is 2.31. The number of hydrogen-bond donors (Lipinski definition) is 1. The second-order valence-electron chi connectivity index (χ2n) is 8.35. The minimum absolute atomic E-state index is 0.00548. The van der Waals surface area contributed by atoms with E-state index in [2.05, 4.69) is 15.2 Å². The average molecular weight is 457 g/mol. The molecule has 0 spiro atoms. The summed E-state index contributed by atoms with van der Waals surface area (Å²) in [5.41, 5.74) is 2.41. The van der Waals surface area contributed by atoms with E-state index in [1.807, 2.05) is 35.6 Å². The summed E-state index contributed by atoms with van der Waals surface area (Å²) in [6, 6.07) is 7.26. The van der Waals surface area contributed by atoms with Crippen molar-refractivity contribution in [2.75, 3.05) is 20.8 Å². The van der Waals surface area contributed by atoms with Gasteiger partial charge >= 0.3 is 0 Å². The maximum atomic E-state index is 13.0. The Morgan fingerprint density at radius 2 is 2.22 bits per heavy atom. The molecule has 0 bridgehead atoms. The number of aromatic amines is 1. The molecule has 0 unspecified atom stereocenters. The number of imidazole rings is 1. The molecular formula is C23H29ClN6O2. The van der Waals surface area contributed by atoms with Crippen molar-refractivity contribution >= 4 is 17.5 Å². The van der Waals surface area contributed by atoms with E-state index >= 15 is 0 Å². The highest BCUT2D eigenvalue weighted by Crippen LogP contribution is 2.34. The third kappa shape index (κ3) is 4.71. The molecule has 4 rings (SSSR count). The third-order valence-corrected chi connectivity index (χ3v) is 6.48. The summed E-state index contributed by atoms with van der Waals surface area (Å²) >= 11 is 6.07. The van der Waals surface area contributed by atoms with Crippen LogP contribution in [0.2, 0.25) is 5.02 Å². The smallest absolute Gasteiger partial charge is 0.253 e. The molecule has 3 aromatic rings. The largest absolute Gasteiger partial charge is 0.383 e. The quantitative estimate of drug-likeness (QED) is 0.578. The third-order valence-electron chi connectivity index (χ3n) is 6.24. The Balaban J connectivity index is 1.48. The van der Waals surface area contributed by atoms with Crippen LogP contribution >= 0.6 is 11.6 Å². The molecule has 1 aromatic carbocycles. The van der Waals surface area contributed by atoms with Crippen LogP contribution in [0.3, 0.4) is 0 Å². The molecule has 0 saturated heterocycles. The van der Waals surface area contributed by atoms with Crippen molar-refractivity contribution in [3.63, 3.8) is 0 Å². The normalized spacial score (nSPS) is 18.6. The minimum atomic E-state index is -0.00548. The van der Waals surface area contributed by atoms with Crippen LogP contribution in [-0.4, -0.2) is 62.3 Å². The molecule has 2 heterocycles. The van der Waals surface area contributed by atoms with Crippen LogP contribution in [0.5, 0.6) is 0 Å². The first-order valence-electron chi connectivity index (χ1n) is 10.9. The van der Waals surface area contributed by atoms with Crippen LogP contribution in [0.15, 0.2) is 30.6 Å². The van der Waals surface area contributed by atoms with Crippen molar-refractivity contribution in [1.82, 2.24) is 29.6 Å². The molecular weight excluding hydrogens is 428 g/mol. The number of ether oxygens (including phenoxy) is 1. The fourth-order valence-electron chi connectivity index (χ4n) is 4.45. The molecule has 8 nitrogen and oxygen atoms in total. The van der Waals surface area contributed by atoms with Crippen LogP contribution in [0, 0.1) is 6.92 Å². The zero-order valence-corrected chi connectivity index (χ0v) is 19.5. The van der Waals surface area contributed by atoms with Gasteiger partial charge in [-0.15, -0.1) is 0 Å². The number of halogens is 1. The summed E-state index contributed by atoms with van der Waals surface area (Å²) in [6.07, 6.45) is 5.67. The van der Waals surface area contributed by atoms with E-state index in [1.165, 1.54) is 0 Å². The van der Waals surface area contributed by atoms with Gasteiger partial charge in [0.25, 0.3) is 5.91 Å². The Bertz CT molecular complexity index is 1080. The van der Waals surface area contributed by atoms with Gasteiger partial charge in [-0.3, -0.25) is 9.89 Å². The second kappa shape index (κ2) is 9.83. The van der Waals surface area contributed by atoms with Gasteiger partial charge in [0.2, 0.25) is 0 Å². The molecule has 2 aromatic heterocycles. The van der Waals surface area contributed by atoms with Gasteiger partial charge in [0.05, 0.1) is 18.6 Å². The molecule has 1 fully saturated rings. The minimum Gasteiger partial charge on any atom is -0.383 e. The van der Waals surface area contributed by atoms with Gasteiger partial charge in [0.1, 0.15) is 11.5 Å². The molecule has 32 heavy (non-hydrogen) atoms. The number of hydrogen-bond acceptors (Lipinski definition) is 5. The van der Waals surface area contributed by atoms with E-state index in [0.717, 1.165) is 42.9 Å². The van der Waals surface area contributed by atoms with E-state index < -0.39 is 0 Å². The Kier molecular flexibility index (Phi) is 6.91. The van der Waals surface area contributed by atoms with Crippen molar-refractivity contribution in [3.8, 4) is 11.5 Å². The number of H-pyrrole nitrogens is 1. The Morgan fingerprint density at radius 1 is 1.38 bits per heavy atom. The molecule has 2 atom stereocenters. The van der Waals surface area contributed by atoms with E-state index in [4.69, 9.17) is 21.3 Å². The molecule has 1 aliphatic rings. The number of nitrogens with one attached hydrogen (secondary N) is 1. The van der Waals surface area contributed by atoms with Gasteiger partial charge in [-0.2, -0.15) is 5.10 Å². The summed E-state index contributed by atoms with van der Waals surface area (Å²) < 4.78 is 7.22. The predicted octanol–water partition coefficient (Wildman–Crippen LogP) is 4.07. The number of carbonyl (C=O) groups excluding carboxylic acids is 1. The van der Waals surface area contributed by atoms with Gasteiger partial charge in [0, 0.05) is 43.2 Å². The zero-order chi connectivity index (χ0) is 22.7. The Hall–Kier alpha value is -2.71. The number of carbonyl (C=O) groups is 1. The summed E-state index contributed by atoms with van der Waals surface area (Å²) in [7, 11) is 3.56. The van der Waals surface area contributed by atoms with Crippen LogP contribution in [0.25, 0.3) is 11.5 Å². The summed E-state index contributed by atoms with van der Waals surface area (Å²) in [4.78, 5) is 24.1. The van der Waals surface area contributed by atoms with Crippen LogP contribution in [-0.2, 0) is 11.3 Å². The number of nitrogens with zero attached hydrogens (tertiary/aromatic N) is 5. The lowest BCUT2D eigenvalue weighted by Gasteiger charge is -2.34. The maximum absolute atomic E-state index is 13.0. The maximum Gasteiger partial charge on any atom is 0.253 e. The van der Waals surface area contributed by atoms with E-state index in [0.29, 0.717) is 29.6 Å². The highest BCUT2D eigenvalue weighted by molar-refractivity contribution is 6.30. The topological polar surface area (TPSA) is 88.9 Å². The van der Waals surface area contributed by atoms with Crippen molar-refractivity contribution in [1.29, 1.82) is 0 Å². The van der Waals surface area contributed by atoms with Crippen molar-refractivity contribution in [2.24, 2.45) is 0 Å². The molecule has 1 amide bonds. The Labute approximate surface area is 193 Å². The lowest BCUT2D eigenvalue weighted by molar-refractivity contribution is 0.0684. The van der Waals surface area contributed by atoms with E-state index in [1.54, 1.807) is 25.6 Å². The summed E-state index contributed by atoms with van der Waals surface area (Å²) in [5.74, 6) is 1.73. The van der Waals surface area contributed by atoms with Crippen molar-refractivity contribution < 1.29 is 9.53 Å². The predicted molar refractivity (Wildman–Crippen MR) is 123 cm³/mol. The molecule has 9 heteroatoms. The average Bonchev–Trinajstić information content (AvgIpc) is 3.43. The summed E-state index contributed by atoms with van der Waals surface area (Å²) in [5, 5.41) is 8.21. The number of aryl methyl sites for hydroxylation is 1. The number of rotatable bonds is 7. The van der Waals surface area contributed by atoms with Crippen molar-refractivity contribution in [2.45, 2.75) is 51.1 Å². The highest BCUT2D eigenvalue weighted by atomic mass is 35.5. The van der Waals surface area contributed by atoms with Crippen molar-refractivity contribution in [3.05, 3.63) is 52.7 Å². The standard InChI is InChI=1S/C23H29ClN6O2/c1-15-20(30(14-25-15)10-11-32-3)22-26-21(27-28-22)16-6-5-9-19(13-16)29(2)23(31)17-7-4-8-18(24)12-17/h4,7-8,12,14,16,19H,5-6,9-11,13H2,1-3H3,(H,26,27,28)/t16-,19+/m0/s1. The lowest BCUT2D eigenvalue weighted by atomic mass is 9.84. The van der Waals surface area contributed by atoms with E-state index in [-0.39, 0.29) is 17.9 Å². The number of amides is 1. The molecule has 1 N–H and O–H groups in total. The Morgan fingerprint density at radius 3 is 3.00 bits per heavy atom. The zero-order valence-electron chi connectivity index (χ0n) is 18.7. The second-order valence-corrected chi connectivity index (χ2v) is 8.79. The SMILES string of the molecule is COCCn1cnc(C)c1-c1n[nH]c([C@H]2CCC[C@@H](N(C)C(=O)c3cccc(Cl)c3)C2)n1. The van der Waals surface area contributed by atoms with E-state index in [9.17, 15) is 4.79 Å². The van der Waals surface area contributed by atoms with Gasteiger partial charge < -0.3 is 14.2 Å². The monoisotopic (exact) mass is 456 g/mol. The fraction of sp³-hybridized carbons (Fsp3) is 0.478. The molecule has 170 valence electrons. The number of methoxy groups -OCH3 is 1. The summed E-state index contributed by atoms with van der Waals surface area (Å²) in [6.45, 7) is 3.25. The van der Waals surface area contributed by atoms with Gasteiger partial charge in [-0.25, -0.2) is 9.97 Å². The van der Waals surface area contributed by atoms with Gasteiger partial charge in [-0.05, 0) is 44.4 Å². The molecule has 1 aliphatic carbocycles. The first-order chi connectivity index (χ1) is 15.5. The molecule has 0 radical (unpaired) electrons.